The zero-order valence-corrected chi connectivity index (χ0v) is 10.8. The molecule has 0 spiro atoms. The predicted octanol–water partition coefficient (Wildman–Crippen LogP) is 2.32. The molecule has 1 heterocycles. The first kappa shape index (κ1) is 12.2. The Morgan fingerprint density at radius 3 is 3.11 bits per heavy atom. The first-order chi connectivity index (χ1) is 9.34. The second kappa shape index (κ2) is 5.45. The molecule has 2 aromatic rings. The quantitative estimate of drug-likeness (QED) is 0.781. The van der Waals surface area contributed by atoms with Gasteiger partial charge in [0.1, 0.15) is 0 Å². The summed E-state index contributed by atoms with van der Waals surface area (Å²) < 4.78 is 5.50. The Labute approximate surface area is 112 Å². The zero-order chi connectivity index (χ0) is 13.1. The number of hydrogen-bond donors (Lipinski definition) is 2. The van der Waals surface area contributed by atoms with Crippen LogP contribution in [0, 0.1) is 5.92 Å². The van der Waals surface area contributed by atoms with Gasteiger partial charge < -0.3 is 15.0 Å². The molecule has 1 fully saturated rings. The van der Waals surface area contributed by atoms with Crippen molar-refractivity contribution in [3.63, 3.8) is 0 Å². The van der Waals surface area contributed by atoms with Crippen LogP contribution in [-0.4, -0.2) is 30.6 Å². The van der Waals surface area contributed by atoms with Crippen LogP contribution in [0.4, 0.5) is 0 Å². The highest BCUT2D eigenvalue weighted by atomic mass is 16.5. The second-order valence-electron chi connectivity index (χ2n) is 5.02. The maximum Gasteiger partial charge on any atom is 0.252 e. The smallest absolute Gasteiger partial charge is 0.252 e. The molecule has 1 aliphatic carbocycles. The average molecular weight is 258 g/mol. The Balaban J connectivity index is 1.52. The number of benzene rings is 1. The highest BCUT2D eigenvalue weighted by molar-refractivity contribution is 6.06. The summed E-state index contributed by atoms with van der Waals surface area (Å²) in [6, 6.07) is 7.62. The Hall–Kier alpha value is -1.81. The maximum atomic E-state index is 12.1. The van der Waals surface area contributed by atoms with E-state index < -0.39 is 0 Å². The van der Waals surface area contributed by atoms with Gasteiger partial charge in [-0.1, -0.05) is 6.07 Å². The number of carbonyl (C=O) groups is 1. The van der Waals surface area contributed by atoms with Crippen molar-refractivity contribution >= 4 is 16.8 Å². The third-order valence-electron chi connectivity index (χ3n) is 3.42. The number of carbonyl (C=O) groups excluding carboxylic acids is 1. The Bertz CT molecular complexity index is 572. The van der Waals surface area contributed by atoms with E-state index in [9.17, 15) is 4.79 Å². The predicted molar refractivity (Wildman–Crippen MR) is 74.2 cm³/mol. The SMILES string of the molecule is O=C(NCCOCC1CC1)c1cccc2[nH]ccc12. The molecular formula is C15H18N2O2. The molecule has 19 heavy (non-hydrogen) atoms. The minimum Gasteiger partial charge on any atom is -0.379 e. The fourth-order valence-corrected chi connectivity index (χ4v) is 2.15. The van der Waals surface area contributed by atoms with E-state index in [0.29, 0.717) is 18.7 Å². The van der Waals surface area contributed by atoms with Crippen molar-refractivity contribution in [1.29, 1.82) is 0 Å². The van der Waals surface area contributed by atoms with Crippen LogP contribution in [0.5, 0.6) is 0 Å². The molecule has 1 aromatic carbocycles. The van der Waals surface area contributed by atoms with Crippen molar-refractivity contribution in [3.8, 4) is 0 Å². The van der Waals surface area contributed by atoms with Gasteiger partial charge in [-0.2, -0.15) is 0 Å². The lowest BCUT2D eigenvalue weighted by atomic mass is 10.1. The molecule has 1 aliphatic rings. The molecule has 4 nitrogen and oxygen atoms in total. The van der Waals surface area contributed by atoms with Gasteiger partial charge in [0.05, 0.1) is 6.61 Å². The lowest BCUT2D eigenvalue weighted by Crippen LogP contribution is -2.27. The average Bonchev–Trinajstić information content (AvgIpc) is 3.12. The van der Waals surface area contributed by atoms with Crippen molar-refractivity contribution in [3.05, 3.63) is 36.0 Å². The van der Waals surface area contributed by atoms with Gasteiger partial charge in [0, 0.05) is 35.8 Å². The fourth-order valence-electron chi connectivity index (χ4n) is 2.15. The van der Waals surface area contributed by atoms with E-state index in [2.05, 4.69) is 10.3 Å². The summed E-state index contributed by atoms with van der Waals surface area (Å²) in [7, 11) is 0. The van der Waals surface area contributed by atoms with Crippen LogP contribution in [0.3, 0.4) is 0 Å². The molecule has 1 amide bonds. The highest BCUT2D eigenvalue weighted by Gasteiger charge is 2.20. The van der Waals surface area contributed by atoms with Gasteiger partial charge in [0.25, 0.3) is 5.91 Å². The van der Waals surface area contributed by atoms with Crippen molar-refractivity contribution in [2.45, 2.75) is 12.8 Å². The van der Waals surface area contributed by atoms with E-state index >= 15 is 0 Å². The molecule has 1 aromatic heterocycles. The van der Waals surface area contributed by atoms with E-state index in [1.165, 1.54) is 12.8 Å². The first-order valence-corrected chi connectivity index (χ1v) is 6.76. The Morgan fingerprint density at radius 2 is 2.26 bits per heavy atom. The number of aromatic nitrogens is 1. The summed E-state index contributed by atoms with van der Waals surface area (Å²) in [5.74, 6) is 0.726. The molecule has 2 N–H and O–H groups in total. The molecule has 0 unspecified atom stereocenters. The van der Waals surface area contributed by atoms with Crippen LogP contribution >= 0.6 is 0 Å². The van der Waals surface area contributed by atoms with Crippen molar-refractivity contribution in [1.82, 2.24) is 10.3 Å². The molecule has 1 saturated carbocycles. The fraction of sp³-hybridized carbons (Fsp3) is 0.400. The molecule has 0 radical (unpaired) electrons. The summed E-state index contributed by atoms with van der Waals surface area (Å²) in [4.78, 5) is 15.2. The van der Waals surface area contributed by atoms with Crippen molar-refractivity contribution < 1.29 is 9.53 Å². The Morgan fingerprint density at radius 1 is 1.37 bits per heavy atom. The largest absolute Gasteiger partial charge is 0.379 e. The molecule has 100 valence electrons. The molecule has 0 saturated heterocycles. The van der Waals surface area contributed by atoms with Crippen molar-refractivity contribution in [2.24, 2.45) is 5.92 Å². The summed E-state index contributed by atoms with van der Waals surface area (Å²) in [5.41, 5.74) is 1.69. The number of rotatable bonds is 6. The van der Waals surface area contributed by atoms with E-state index in [1.807, 2.05) is 30.5 Å². The van der Waals surface area contributed by atoms with Gasteiger partial charge in [0.15, 0.2) is 0 Å². The van der Waals surface area contributed by atoms with Crippen LogP contribution in [0.15, 0.2) is 30.5 Å². The summed E-state index contributed by atoms with van der Waals surface area (Å²) in [6.45, 7) is 1.99. The third-order valence-corrected chi connectivity index (χ3v) is 3.42. The van der Waals surface area contributed by atoms with Crippen LogP contribution in [0.2, 0.25) is 0 Å². The first-order valence-electron chi connectivity index (χ1n) is 6.76. The monoisotopic (exact) mass is 258 g/mol. The van der Waals surface area contributed by atoms with Gasteiger partial charge in [-0.05, 0) is 37.0 Å². The number of amides is 1. The highest BCUT2D eigenvalue weighted by Crippen LogP contribution is 2.28. The summed E-state index contributed by atoms with van der Waals surface area (Å²) in [5, 5.41) is 3.85. The number of ether oxygens (including phenoxy) is 1. The number of nitrogens with one attached hydrogen (secondary N) is 2. The molecule has 0 bridgehead atoms. The van der Waals surface area contributed by atoms with E-state index in [4.69, 9.17) is 4.74 Å². The summed E-state index contributed by atoms with van der Waals surface area (Å²) in [6.07, 6.45) is 4.43. The normalized spacial score (nSPS) is 14.7. The maximum absolute atomic E-state index is 12.1. The number of hydrogen-bond acceptors (Lipinski definition) is 2. The van der Waals surface area contributed by atoms with Crippen LogP contribution < -0.4 is 5.32 Å². The topological polar surface area (TPSA) is 54.1 Å². The molecule has 4 heteroatoms. The Kier molecular flexibility index (Phi) is 3.51. The van der Waals surface area contributed by atoms with Crippen LogP contribution in [0.25, 0.3) is 10.9 Å². The molecular weight excluding hydrogens is 240 g/mol. The summed E-state index contributed by atoms with van der Waals surface area (Å²) >= 11 is 0. The second-order valence-corrected chi connectivity index (χ2v) is 5.02. The lowest BCUT2D eigenvalue weighted by Gasteiger charge is -2.07. The van der Waals surface area contributed by atoms with Crippen LogP contribution in [0.1, 0.15) is 23.2 Å². The number of H-pyrrole nitrogens is 1. The lowest BCUT2D eigenvalue weighted by molar-refractivity contribution is 0.0908. The minimum atomic E-state index is -0.0415. The standard InChI is InChI=1S/C15H18N2O2/c18-15(17-8-9-19-10-11-4-5-11)13-2-1-3-14-12(13)6-7-16-14/h1-3,6-7,11,16H,4-5,8-10H2,(H,17,18). The van der Waals surface area contributed by atoms with Gasteiger partial charge in [-0.15, -0.1) is 0 Å². The molecule has 0 atom stereocenters. The van der Waals surface area contributed by atoms with Gasteiger partial charge >= 0.3 is 0 Å². The van der Waals surface area contributed by atoms with Gasteiger partial charge in [-0.3, -0.25) is 4.79 Å². The van der Waals surface area contributed by atoms with Crippen molar-refractivity contribution in [2.75, 3.05) is 19.8 Å². The van der Waals surface area contributed by atoms with E-state index in [0.717, 1.165) is 23.4 Å². The number of fused-ring (bicyclic) bond motifs is 1. The van der Waals surface area contributed by atoms with Crippen LogP contribution in [-0.2, 0) is 4.74 Å². The third kappa shape index (κ3) is 2.96. The minimum absolute atomic E-state index is 0.0415. The number of aromatic amines is 1. The van der Waals surface area contributed by atoms with E-state index in [-0.39, 0.29) is 5.91 Å². The molecule has 3 rings (SSSR count). The van der Waals surface area contributed by atoms with E-state index in [1.54, 1.807) is 0 Å². The van der Waals surface area contributed by atoms with Gasteiger partial charge in [0.2, 0.25) is 0 Å². The zero-order valence-electron chi connectivity index (χ0n) is 10.8. The van der Waals surface area contributed by atoms with Gasteiger partial charge in [-0.25, -0.2) is 0 Å². The molecule has 0 aliphatic heterocycles.